The maximum Gasteiger partial charge on any atom is 0.0975 e. The summed E-state index contributed by atoms with van der Waals surface area (Å²) in [5, 5.41) is 4.66. The lowest BCUT2D eigenvalue weighted by atomic mass is 10.0. The standard InChI is InChI=1S/C18H26N2S/c1-6-19-11-16-18(12(2)3)20-17(21-16)10-15-8-7-13(4)14(5)9-15/h7-9,12,19H,6,10-11H2,1-5H3. The van der Waals surface area contributed by atoms with E-state index in [0.29, 0.717) is 5.92 Å². The average Bonchev–Trinajstić information content (AvgIpc) is 2.84. The molecule has 2 nitrogen and oxygen atoms in total. The number of aromatic nitrogens is 1. The molecule has 0 saturated carbocycles. The zero-order valence-electron chi connectivity index (χ0n) is 13.8. The largest absolute Gasteiger partial charge is 0.312 e. The van der Waals surface area contributed by atoms with Crippen LogP contribution in [0.4, 0.5) is 0 Å². The van der Waals surface area contributed by atoms with Crippen molar-refractivity contribution in [2.45, 2.75) is 53.5 Å². The number of thiazole rings is 1. The Labute approximate surface area is 132 Å². The second-order valence-corrected chi connectivity index (χ2v) is 7.11. The summed E-state index contributed by atoms with van der Waals surface area (Å²) in [6.07, 6.45) is 0.942. The van der Waals surface area contributed by atoms with Gasteiger partial charge in [0.05, 0.1) is 10.7 Å². The third kappa shape index (κ3) is 4.14. The van der Waals surface area contributed by atoms with Crippen molar-refractivity contribution in [2.24, 2.45) is 0 Å². The van der Waals surface area contributed by atoms with Gasteiger partial charge in [-0.25, -0.2) is 4.98 Å². The molecule has 0 aliphatic rings. The molecule has 21 heavy (non-hydrogen) atoms. The van der Waals surface area contributed by atoms with Gasteiger partial charge in [-0.3, -0.25) is 0 Å². The minimum absolute atomic E-state index is 0.489. The molecule has 0 unspecified atom stereocenters. The second kappa shape index (κ2) is 7.19. The normalized spacial score (nSPS) is 11.3. The first kappa shape index (κ1) is 16.2. The summed E-state index contributed by atoms with van der Waals surface area (Å²) in [5.41, 5.74) is 5.34. The number of benzene rings is 1. The Hall–Kier alpha value is -1.19. The van der Waals surface area contributed by atoms with Crippen LogP contribution in [0.1, 0.15) is 59.0 Å². The van der Waals surface area contributed by atoms with Crippen molar-refractivity contribution < 1.29 is 0 Å². The van der Waals surface area contributed by atoms with Gasteiger partial charge in [0.15, 0.2) is 0 Å². The van der Waals surface area contributed by atoms with Gasteiger partial charge in [-0.05, 0) is 43.0 Å². The molecule has 0 amide bonds. The fourth-order valence-corrected chi connectivity index (χ4v) is 3.62. The highest BCUT2D eigenvalue weighted by molar-refractivity contribution is 7.11. The van der Waals surface area contributed by atoms with Crippen molar-refractivity contribution in [3.63, 3.8) is 0 Å². The Morgan fingerprint density at radius 2 is 1.95 bits per heavy atom. The molecule has 114 valence electrons. The third-order valence-corrected chi connectivity index (χ3v) is 4.85. The molecule has 0 spiro atoms. The molecule has 0 aliphatic carbocycles. The van der Waals surface area contributed by atoms with Gasteiger partial charge in [-0.15, -0.1) is 11.3 Å². The summed E-state index contributed by atoms with van der Waals surface area (Å²) >= 11 is 1.86. The number of nitrogens with one attached hydrogen (secondary N) is 1. The van der Waals surface area contributed by atoms with Crippen molar-refractivity contribution in [1.29, 1.82) is 0 Å². The minimum atomic E-state index is 0.489. The van der Waals surface area contributed by atoms with Crippen molar-refractivity contribution in [3.05, 3.63) is 50.5 Å². The number of rotatable bonds is 6. The van der Waals surface area contributed by atoms with Gasteiger partial charge in [-0.1, -0.05) is 39.0 Å². The molecular weight excluding hydrogens is 276 g/mol. The number of aryl methyl sites for hydroxylation is 2. The van der Waals surface area contributed by atoms with E-state index in [4.69, 9.17) is 4.98 Å². The highest BCUT2D eigenvalue weighted by Gasteiger charge is 2.14. The van der Waals surface area contributed by atoms with E-state index in [1.807, 2.05) is 11.3 Å². The van der Waals surface area contributed by atoms with Gasteiger partial charge in [-0.2, -0.15) is 0 Å². The molecule has 0 aliphatic heterocycles. The average molecular weight is 302 g/mol. The first-order chi connectivity index (χ1) is 10.0. The van der Waals surface area contributed by atoms with Crippen molar-refractivity contribution >= 4 is 11.3 Å². The summed E-state index contributed by atoms with van der Waals surface area (Å²) in [7, 11) is 0. The molecule has 1 N–H and O–H groups in total. The van der Waals surface area contributed by atoms with Crippen LogP contribution in [0.2, 0.25) is 0 Å². The highest BCUT2D eigenvalue weighted by atomic mass is 32.1. The smallest absolute Gasteiger partial charge is 0.0975 e. The zero-order valence-corrected chi connectivity index (χ0v) is 14.6. The lowest BCUT2D eigenvalue weighted by Crippen LogP contribution is -2.12. The van der Waals surface area contributed by atoms with Crippen molar-refractivity contribution in [1.82, 2.24) is 10.3 Å². The number of hydrogen-bond acceptors (Lipinski definition) is 3. The van der Waals surface area contributed by atoms with Crippen LogP contribution in [-0.4, -0.2) is 11.5 Å². The lowest BCUT2D eigenvalue weighted by Gasteiger charge is -2.05. The first-order valence-electron chi connectivity index (χ1n) is 7.76. The van der Waals surface area contributed by atoms with Crippen molar-refractivity contribution in [2.75, 3.05) is 6.54 Å². The first-order valence-corrected chi connectivity index (χ1v) is 8.58. The van der Waals surface area contributed by atoms with E-state index in [0.717, 1.165) is 19.5 Å². The molecule has 0 saturated heterocycles. The molecule has 2 aromatic rings. The van der Waals surface area contributed by atoms with Crippen LogP contribution in [0.15, 0.2) is 18.2 Å². The predicted molar refractivity (Wildman–Crippen MR) is 92.3 cm³/mol. The summed E-state index contributed by atoms with van der Waals surface area (Å²) < 4.78 is 0. The zero-order chi connectivity index (χ0) is 15.4. The van der Waals surface area contributed by atoms with E-state index in [-0.39, 0.29) is 0 Å². The fourth-order valence-electron chi connectivity index (χ4n) is 2.39. The Morgan fingerprint density at radius 1 is 1.19 bits per heavy atom. The van der Waals surface area contributed by atoms with Crippen LogP contribution in [0.25, 0.3) is 0 Å². The molecule has 1 heterocycles. The summed E-state index contributed by atoms with van der Waals surface area (Å²) in [5.74, 6) is 0.489. The molecule has 3 heteroatoms. The maximum absolute atomic E-state index is 4.89. The monoisotopic (exact) mass is 302 g/mol. The van der Waals surface area contributed by atoms with E-state index < -0.39 is 0 Å². The number of hydrogen-bond donors (Lipinski definition) is 1. The summed E-state index contributed by atoms with van der Waals surface area (Å²) in [6.45, 7) is 12.9. The topological polar surface area (TPSA) is 24.9 Å². The molecule has 0 bridgehead atoms. The number of nitrogens with zero attached hydrogens (tertiary/aromatic N) is 1. The Balaban J connectivity index is 2.21. The summed E-state index contributed by atoms with van der Waals surface area (Å²) in [4.78, 5) is 6.28. The van der Waals surface area contributed by atoms with Crippen LogP contribution in [0.5, 0.6) is 0 Å². The van der Waals surface area contributed by atoms with E-state index >= 15 is 0 Å². The molecule has 0 atom stereocenters. The van der Waals surface area contributed by atoms with Crippen LogP contribution < -0.4 is 5.32 Å². The highest BCUT2D eigenvalue weighted by Crippen LogP contribution is 2.27. The van der Waals surface area contributed by atoms with Gasteiger partial charge in [0, 0.05) is 17.8 Å². The lowest BCUT2D eigenvalue weighted by molar-refractivity contribution is 0.713. The van der Waals surface area contributed by atoms with E-state index in [1.54, 1.807) is 0 Å². The third-order valence-electron chi connectivity index (χ3n) is 3.78. The minimum Gasteiger partial charge on any atom is -0.312 e. The molecule has 0 fully saturated rings. The Bertz CT molecular complexity index is 599. The Morgan fingerprint density at radius 3 is 2.57 bits per heavy atom. The van der Waals surface area contributed by atoms with Crippen LogP contribution in [0.3, 0.4) is 0 Å². The second-order valence-electron chi connectivity index (χ2n) is 5.95. The van der Waals surface area contributed by atoms with E-state index in [9.17, 15) is 0 Å². The quantitative estimate of drug-likeness (QED) is 0.844. The van der Waals surface area contributed by atoms with E-state index in [1.165, 1.54) is 32.3 Å². The van der Waals surface area contributed by atoms with Gasteiger partial charge in [0.2, 0.25) is 0 Å². The Kier molecular flexibility index (Phi) is 5.54. The SMILES string of the molecule is CCNCc1sc(Cc2ccc(C)c(C)c2)nc1C(C)C. The van der Waals surface area contributed by atoms with Crippen LogP contribution in [0, 0.1) is 13.8 Å². The summed E-state index contributed by atoms with van der Waals surface area (Å²) in [6, 6.07) is 6.72. The molecular formula is C18H26N2S. The maximum atomic E-state index is 4.89. The van der Waals surface area contributed by atoms with Gasteiger partial charge >= 0.3 is 0 Å². The predicted octanol–water partition coefficient (Wildman–Crippen LogP) is 4.58. The molecule has 1 aromatic carbocycles. The van der Waals surface area contributed by atoms with Crippen molar-refractivity contribution in [3.8, 4) is 0 Å². The van der Waals surface area contributed by atoms with Gasteiger partial charge in [0.25, 0.3) is 0 Å². The van der Waals surface area contributed by atoms with Gasteiger partial charge < -0.3 is 5.32 Å². The van der Waals surface area contributed by atoms with E-state index in [2.05, 4.69) is 58.1 Å². The van der Waals surface area contributed by atoms with Crippen LogP contribution >= 0.6 is 11.3 Å². The molecule has 0 radical (unpaired) electrons. The molecule has 2 rings (SSSR count). The fraction of sp³-hybridized carbons (Fsp3) is 0.500. The van der Waals surface area contributed by atoms with Gasteiger partial charge in [0.1, 0.15) is 0 Å². The van der Waals surface area contributed by atoms with Crippen LogP contribution in [-0.2, 0) is 13.0 Å². The molecule has 1 aromatic heterocycles.